The number of aliphatic hydroxyl groups excluding tert-OH is 1. The number of aryl methyl sites for hydroxylation is 4. The molecule has 0 spiro atoms. The Morgan fingerprint density at radius 2 is 1.08 bits per heavy atom. The predicted molar refractivity (Wildman–Crippen MR) is 219 cm³/mol. The third kappa shape index (κ3) is 7.10. The second-order valence-corrected chi connectivity index (χ2v) is 20.3. The molecule has 0 unspecified atom stereocenters. The molecule has 2 fully saturated rings. The van der Waals surface area contributed by atoms with E-state index in [1.165, 1.54) is 64.6 Å². The van der Waals surface area contributed by atoms with Gasteiger partial charge in [0.2, 0.25) is 0 Å². The summed E-state index contributed by atoms with van der Waals surface area (Å²) in [5.74, 6) is 0.873. The Kier molecular flexibility index (Phi) is 11.4. The topological polar surface area (TPSA) is 37.3 Å². The van der Waals surface area contributed by atoms with E-state index in [2.05, 4.69) is 151 Å². The highest BCUT2D eigenvalue weighted by atomic mass is 79.9. The smallest absolute Gasteiger partial charge is 0.144 e. The first kappa shape index (κ1) is 39.7. The van der Waals surface area contributed by atoms with E-state index in [1.54, 1.807) is 5.57 Å². The first-order valence-electron chi connectivity index (χ1n) is 19.3. The maximum Gasteiger partial charge on any atom is 0.144 e. The zero-order valence-corrected chi connectivity index (χ0v) is 36.3. The minimum atomic E-state index is -0.314. The number of hydrogen-bond donors (Lipinski definition) is 1. The van der Waals surface area contributed by atoms with Crippen LogP contribution in [0.5, 0.6) is 0 Å². The Hall–Kier alpha value is -1.49. The third-order valence-electron chi connectivity index (χ3n) is 13.9. The molecule has 0 aromatic heterocycles. The minimum absolute atomic E-state index is 0.0240. The molecule has 2 saturated carbocycles. The molecule has 274 valence electrons. The number of aliphatic hydroxyl groups is 1. The van der Waals surface area contributed by atoms with Crippen molar-refractivity contribution in [2.75, 3.05) is 0 Å². The van der Waals surface area contributed by atoms with Crippen LogP contribution in [0, 0.1) is 61.2 Å². The van der Waals surface area contributed by atoms with Crippen molar-refractivity contribution >= 4 is 37.6 Å². The predicted octanol–water partition coefficient (Wildman–Crippen LogP) is 13.6. The second kappa shape index (κ2) is 14.4. The fourth-order valence-corrected chi connectivity index (χ4v) is 12.2. The number of allylic oxidation sites excluding steroid dienone is 4. The first-order valence-corrected chi connectivity index (χ1v) is 20.9. The van der Waals surface area contributed by atoms with Crippen molar-refractivity contribution < 1.29 is 9.90 Å². The van der Waals surface area contributed by atoms with E-state index in [0.717, 1.165) is 34.6 Å². The number of hydrogen-bond acceptors (Lipinski definition) is 2. The van der Waals surface area contributed by atoms with Gasteiger partial charge in [-0.1, -0.05) is 136 Å². The van der Waals surface area contributed by atoms with Crippen molar-refractivity contribution in [1.29, 1.82) is 0 Å². The number of carbonyl (C=O) groups excluding carboxylic acids is 1. The van der Waals surface area contributed by atoms with E-state index < -0.39 is 0 Å². The largest absolute Gasteiger partial charge is 0.392 e. The first-order chi connectivity index (χ1) is 23.2. The van der Waals surface area contributed by atoms with Crippen molar-refractivity contribution in [2.45, 2.75) is 152 Å². The summed E-state index contributed by atoms with van der Waals surface area (Å²) >= 11 is 7.62. The number of benzene rings is 2. The van der Waals surface area contributed by atoms with Crippen LogP contribution in [0.25, 0.3) is 0 Å². The number of Topliss-reactive ketones (excluding diaryl/α,β-unsaturated/α-hetero) is 1. The van der Waals surface area contributed by atoms with Crippen LogP contribution in [-0.4, -0.2) is 17.0 Å². The van der Waals surface area contributed by atoms with Gasteiger partial charge in [-0.25, -0.2) is 0 Å². The zero-order chi connectivity index (χ0) is 37.1. The highest BCUT2D eigenvalue weighted by Gasteiger charge is 2.53. The molecule has 7 atom stereocenters. The quantitative estimate of drug-likeness (QED) is 0.307. The summed E-state index contributed by atoms with van der Waals surface area (Å²) < 4.78 is 2.24. The summed E-state index contributed by atoms with van der Waals surface area (Å²) in [6, 6.07) is 8.99. The van der Waals surface area contributed by atoms with Crippen molar-refractivity contribution in [2.24, 2.45) is 33.5 Å². The molecular weight excluding hydrogens is 744 g/mol. The van der Waals surface area contributed by atoms with E-state index in [0.29, 0.717) is 5.78 Å². The summed E-state index contributed by atoms with van der Waals surface area (Å²) in [7, 11) is 0. The van der Waals surface area contributed by atoms with Gasteiger partial charge in [0, 0.05) is 26.2 Å². The van der Waals surface area contributed by atoms with Crippen LogP contribution in [0.3, 0.4) is 0 Å². The Morgan fingerprint density at radius 1 is 0.640 bits per heavy atom. The van der Waals surface area contributed by atoms with Gasteiger partial charge in [0.05, 0.1) is 12.0 Å². The molecule has 2 nitrogen and oxygen atoms in total. The number of carbonyl (C=O) groups is 1. The monoisotopic (exact) mass is 806 g/mol. The molecule has 0 amide bonds. The maximum atomic E-state index is 13.5. The Balaban J connectivity index is 0.000000194. The van der Waals surface area contributed by atoms with Crippen molar-refractivity contribution in [1.82, 2.24) is 0 Å². The summed E-state index contributed by atoms with van der Waals surface area (Å²) in [6.07, 6.45) is 13.6. The lowest BCUT2D eigenvalue weighted by Crippen LogP contribution is -2.43. The molecule has 0 aliphatic heterocycles. The van der Waals surface area contributed by atoms with Gasteiger partial charge in [-0.3, -0.25) is 4.79 Å². The van der Waals surface area contributed by atoms with Crippen LogP contribution >= 0.6 is 31.9 Å². The van der Waals surface area contributed by atoms with Crippen LogP contribution in [0.1, 0.15) is 152 Å². The number of rotatable bonds is 2. The van der Waals surface area contributed by atoms with Crippen molar-refractivity contribution in [3.8, 4) is 0 Å². The summed E-state index contributed by atoms with van der Waals surface area (Å²) in [5, 5.41) is 11.4. The van der Waals surface area contributed by atoms with Crippen LogP contribution in [0.4, 0.5) is 0 Å². The highest BCUT2D eigenvalue weighted by molar-refractivity contribution is 9.10. The normalized spacial score (nSPS) is 33.4. The molecule has 2 aromatic carbocycles. The van der Waals surface area contributed by atoms with Crippen molar-refractivity contribution in [3.63, 3.8) is 0 Å². The molecule has 4 heteroatoms. The lowest BCUT2D eigenvalue weighted by Gasteiger charge is -2.51. The average Bonchev–Trinajstić information content (AvgIpc) is 3.17. The van der Waals surface area contributed by atoms with Crippen LogP contribution < -0.4 is 0 Å². The zero-order valence-electron chi connectivity index (χ0n) is 33.1. The Morgan fingerprint density at radius 3 is 1.64 bits per heavy atom. The lowest BCUT2D eigenvalue weighted by molar-refractivity contribution is -0.126. The van der Waals surface area contributed by atoms with Crippen LogP contribution in [0.2, 0.25) is 0 Å². The number of fused-ring (bicyclic) bond motifs is 2. The van der Waals surface area contributed by atoms with Gasteiger partial charge >= 0.3 is 0 Å². The maximum absolute atomic E-state index is 13.5. The highest BCUT2D eigenvalue weighted by Crippen LogP contribution is 2.62. The Labute approximate surface area is 321 Å². The minimum Gasteiger partial charge on any atom is -0.392 e. The van der Waals surface area contributed by atoms with Gasteiger partial charge in [0.1, 0.15) is 5.78 Å². The van der Waals surface area contributed by atoms with Crippen LogP contribution in [0.15, 0.2) is 56.5 Å². The second-order valence-electron chi connectivity index (χ2n) is 18.6. The molecule has 0 bridgehead atoms. The SMILES string of the molecule is Cc1cc(Br)c([C@H]2C(=O)[C@H](C)CC=C3C(C)(C)CCC[C@@]32C)cc1C.Cc1cc(Br)c([C@H]2[C@@H](O)[C@H](C)CC=C3C(C)(C)CCC[C@@]32C)cc1C. The van der Waals surface area contributed by atoms with E-state index in [4.69, 9.17) is 0 Å². The van der Waals surface area contributed by atoms with E-state index in [-0.39, 0.29) is 51.4 Å². The van der Waals surface area contributed by atoms with Crippen LogP contribution in [-0.2, 0) is 4.79 Å². The standard InChI is InChI=1S/C23H33BrO.C23H31BrO/c2*1-14-8-9-19-22(4,5)10-7-11-23(19,6)20(21(14)25)17-12-15(2)16(3)13-18(17)24/h9,12-14,20-21,25H,7-8,10-11H2,1-6H3;9,12-14,20H,7-8,10-11H2,1-6H3/t14-,20+,21+,23+;14-,20+,23+/m11/s1. The number of halogens is 2. The fourth-order valence-electron chi connectivity index (χ4n) is 10.8. The summed E-state index contributed by atoms with van der Waals surface area (Å²) in [5.41, 5.74) is 11.1. The molecule has 1 N–H and O–H groups in total. The Bertz CT molecular complexity index is 1690. The third-order valence-corrected chi connectivity index (χ3v) is 15.3. The fraction of sp³-hybridized carbons (Fsp3) is 0.630. The van der Waals surface area contributed by atoms with Gasteiger partial charge < -0.3 is 5.11 Å². The molecular formula is C46H64Br2O2. The molecule has 0 saturated heterocycles. The van der Waals surface area contributed by atoms with Gasteiger partial charge in [-0.05, 0) is 134 Å². The average molecular weight is 809 g/mol. The van der Waals surface area contributed by atoms with Crippen molar-refractivity contribution in [3.05, 3.63) is 89.9 Å². The lowest BCUT2D eigenvalue weighted by atomic mass is 9.54. The van der Waals surface area contributed by atoms with E-state index in [9.17, 15) is 9.90 Å². The summed E-state index contributed by atoms with van der Waals surface area (Å²) in [6.45, 7) is 27.2. The van der Waals surface area contributed by atoms with Gasteiger partial charge in [0.15, 0.2) is 0 Å². The summed E-state index contributed by atoms with van der Waals surface area (Å²) in [4.78, 5) is 13.5. The van der Waals surface area contributed by atoms with Gasteiger partial charge in [-0.2, -0.15) is 0 Å². The van der Waals surface area contributed by atoms with E-state index >= 15 is 0 Å². The molecule has 4 aliphatic carbocycles. The molecule has 50 heavy (non-hydrogen) atoms. The number of ketones is 1. The molecule has 6 rings (SSSR count). The van der Waals surface area contributed by atoms with Gasteiger partial charge in [0.25, 0.3) is 0 Å². The molecule has 0 radical (unpaired) electrons. The molecule has 0 heterocycles. The van der Waals surface area contributed by atoms with E-state index in [1.807, 2.05) is 0 Å². The molecule has 4 aliphatic rings. The molecule has 2 aromatic rings. The van der Waals surface area contributed by atoms with Gasteiger partial charge in [-0.15, -0.1) is 0 Å².